The van der Waals surface area contributed by atoms with E-state index in [1.54, 1.807) is 18.2 Å². The maximum Gasteiger partial charge on any atom is 0.165 e. The van der Waals surface area contributed by atoms with Crippen molar-refractivity contribution in [2.75, 3.05) is 0 Å². The van der Waals surface area contributed by atoms with Gasteiger partial charge in [0, 0.05) is 17.5 Å². The van der Waals surface area contributed by atoms with Crippen molar-refractivity contribution in [3.8, 4) is 0 Å². The first-order valence-corrected chi connectivity index (χ1v) is 6.58. The first-order valence-electron chi connectivity index (χ1n) is 5.83. The van der Waals surface area contributed by atoms with Gasteiger partial charge in [0.15, 0.2) is 5.78 Å². The predicted molar refractivity (Wildman–Crippen MR) is 70.7 cm³/mol. The summed E-state index contributed by atoms with van der Waals surface area (Å²) < 4.78 is 0. The molecule has 17 heavy (non-hydrogen) atoms. The van der Waals surface area contributed by atoms with E-state index in [-0.39, 0.29) is 17.7 Å². The Morgan fingerprint density at radius 3 is 2.35 bits per heavy atom. The summed E-state index contributed by atoms with van der Waals surface area (Å²) in [6, 6.07) is 5.32. The number of nitrogens with two attached hydrogens (primary N) is 1. The molecule has 1 aromatic carbocycles. The lowest BCUT2D eigenvalue weighted by molar-refractivity contribution is 0.0885. The van der Waals surface area contributed by atoms with Crippen LogP contribution in [0.2, 0.25) is 10.0 Å². The van der Waals surface area contributed by atoms with E-state index in [4.69, 9.17) is 28.9 Å². The zero-order valence-corrected chi connectivity index (χ0v) is 11.0. The minimum Gasteiger partial charge on any atom is -0.328 e. The van der Waals surface area contributed by atoms with Gasteiger partial charge in [-0.25, -0.2) is 0 Å². The molecule has 1 aromatic rings. The number of ketones is 1. The first-order chi connectivity index (χ1) is 8.08. The molecule has 0 spiro atoms. The van der Waals surface area contributed by atoms with E-state index in [1.165, 1.54) is 0 Å². The largest absolute Gasteiger partial charge is 0.328 e. The molecule has 92 valence electrons. The van der Waals surface area contributed by atoms with E-state index in [2.05, 4.69) is 0 Å². The number of carbonyl (C=O) groups excluding carboxylic acids is 1. The average Bonchev–Trinajstić information content (AvgIpc) is 2.33. The van der Waals surface area contributed by atoms with Crippen molar-refractivity contribution in [3.63, 3.8) is 0 Å². The third-order valence-corrected chi connectivity index (χ3v) is 4.09. The summed E-state index contributed by atoms with van der Waals surface area (Å²) in [5.74, 6) is 0.252. The molecule has 0 heterocycles. The lowest BCUT2D eigenvalue weighted by Crippen LogP contribution is -2.29. The highest BCUT2D eigenvalue weighted by Gasteiger charge is 2.25. The van der Waals surface area contributed by atoms with Crippen molar-refractivity contribution < 1.29 is 4.79 Å². The standard InChI is InChI=1S/C13H15Cl2NO/c14-11-6-3-9(7-12(11)15)13(17)8-1-4-10(16)5-2-8/h3,6-8,10H,1-2,4-5,16H2. The molecular formula is C13H15Cl2NO. The maximum absolute atomic E-state index is 12.2. The zero-order valence-electron chi connectivity index (χ0n) is 9.46. The van der Waals surface area contributed by atoms with Crippen LogP contribution >= 0.6 is 23.2 Å². The van der Waals surface area contributed by atoms with Crippen LogP contribution in [0.3, 0.4) is 0 Å². The normalized spacial score (nSPS) is 24.6. The Kier molecular flexibility index (Phi) is 4.08. The van der Waals surface area contributed by atoms with Crippen LogP contribution < -0.4 is 5.73 Å². The Morgan fingerprint density at radius 1 is 1.12 bits per heavy atom. The molecule has 0 saturated heterocycles. The minimum atomic E-state index is 0.0899. The Morgan fingerprint density at radius 2 is 1.76 bits per heavy atom. The number of benzene rings is 1. The van der Waals surface area contributed by atoms with E-state index in [0.29, 0.717) is 15.6 Å². The van der Waals surface area contributed by atoms with Crippen LogP contribution in [0.1, 0.15) is 36.0 Å². The maximum atomic E-state index is 12.2. The number of halogens is 2. The van der Waals surface area contributed by atoms with E-state index in [0.717, 1.165) is 25.7 Å². The second-order valence-corrected chi connectivity index (χ2v) is 5.42. The number of hydrogen-bond acceptors (Lipinski definition) is 2. The molecule has 0 amide bonds. The van der Waals surface area contributed by atoms with Crippen molar-refractivity contribution >= 4 is 29.0 Å². The number of carbonyl (C=O) groups is 1. The van der Waals surface area contributed by atoms with Crippen LogP contribution in [0, 0.1) is 5.92 Å². The molecule has 2 N–H and O–H groups in total. The molecule has 1 fully saturated rings. The van der Waals surface area contributed by atoms with Gasteiger partial charge < -0.3 is 5.73 Å². The quantitative estimate of drug-likeness (QED) is 0.834. The van der Waals surface area contributed by atoms with Crippen LogP contribution in [0.15, 0.2) is 18.2 Å². The fourth-order valence-electron chi connectivity index (χ4n) is 2.27. The van der Waals surface area contributed by atoms with Crippen molar-refractivity contribution in [1.82, 2.24) is 0 Å². The Hall–Kier alpha value is -0.570. The van der Waals surface area contributed by atoms with Crippen LogP contribution in [0.5, 0.6) is 0 Å². The Balaban J connectivity index is 2.11. The molecule has 0 aliphatic heterocycles. The highest BCUT2D eigenvalue weighted by molar-refractivity contribution is 6.42. The molecule has 2 rings (SSSR count). The Labute approximate surface area is 111 Å². The summed E-state index contributed by atoms with van der Waals surface area (Å²) in [5.41, 5.74) is 6.48. The summed E-state index contributed by atoms with van der Waals surface area (Å²) in [6.45, 7) is 0. The lowest BCUT2D eigenvalue weighted by Gasteiger charge is -2.25. The summed E-state index contributed by atoms with van der Waals surface area (Å²) in [6.07, 6.45) is 3.61. The summed E-state index contributed by atoms with van der Waals surface area (Å²) in [7, 11) is 0. The molecule has 4 heteroatoms. The fraction of sp³-hybridized carbons (Fsp3) is 0.462. The van der Waals surface area contributed by atoms with Gasteiger partial charge in [-0.05, 0) is 43.9 Å². The SMILES string of the molecule is NC1CCC(C(=O)c2ccc(Cl)c(Cl)c2)CC1. The van der Waals surface area contributed by atoms with Crippen molar-refractivity contribution in [2.24, 2.45) is 11.7 Å². The van der Waals surface area contributed by atoms with Gasteiger partial charge in [-0.3, -0.25) is 4.79 Å². The third-order valence-electron chi connectivity index (χ3n) is 3.35. The zero-order chi connectivity index (χ0) is 12.4. The van der Waals surface area contributed by atoms with Crippen molar-refractivity contribution in [3.05, 3.63) is 33.8 Å². The van der Waals surface area contributed by atoms with Crippen LogP contribution in [-0.2, 0) is 0 Å². The molecule has 1 aliphatic rings. The number of Topliss-reactive ketones (excluding diaryl/α,β-unsaturated/α-hetero) is 1. The van der Waals surface area contributed by atoms with Crippen LogP contribution in [0.4, 0.5) is 0 Å². The lowest BCUT2D eigenvalue weighted by atomic mass is 9.82. The van der Waals surface area contributed by atoms with Crippen molar-refractivity contribution in [2.45, 2.75) is 31.7 Å². The fourth-order valence-corrected chi connectivity index (χ4v) is 2.56. The van der Waals surface area contributed by atoms with Gasteiger partial charge in [-0.15, -0.1) is 0 Å². The monoisotopic (exact) mass is 271 g/mol. The molecule has 0 unspecified atom stereocenters. The second-order valence-electron chi connectivity index (χ2n) is 4.60. The van der Waals surface area contributed by atoms with Gasteiger partial charge in [0.1, 0.15) is 0 Å². The third kappa shape index (κ3) is 3.01. The van der Waals surface area contributed by atoms with Crippen LogP contribution in [-0.4, -0.2) is 11.8 Å². The number of rotatable bonds is 2. The topological polar surface area (TPSA) is 43.1 Å². The molecule has 0 radical (unpaired) electrons. The van der Waals surface area contributed by atoms with E-state index in [1.807, 2.05) is 0 Å². The van der Waals surface area contributed by atoms with Gasteiger partial charge in [-0.2, -0.15) is 0 Å². The second kappa shape index (κ2) is 5.38. The molecule has 2 nitrogen and oxygen atoms in total. The van der Waals surface area contributed by atoms with Gasteiger partial charge >= 0.3 is 0 Å². The number of hydrogen-bond donors (Lipinski definition) is 1. The molecule has 0 atom stereocenters. The van der Waals surface area contributed by atoms with E-state index >= 15 is 0 Å². The van der Waals surface area contributed by atoms with Gasteiger partial charge in [0.25, 0.3) is 0 Å². The molecular weight excluding hydrogens is 257 g/mol. The molecule has 1 saturated carbocycles. The summed E-state index contributed by atoms with van der Waals surface area (Å²) in [4.78, 5) is 12.2. The molecule has 1 aliphatic carbocycles. The average molecular weight is 272 g/mol. The van der Waals surface area contributed by atoms with Crippen LogP contribution in [0.25, 0.3) is 0 Å². The molecule has 0 aromatic heterocycles. The van der Waals surface area contributed by atoms with Crippen molar-refractivity contribution in [1.29, 1.82) is 0 Å². The highest BCUT2D eigenvalue weighted by Crippen LogP contribution is 2.29. The van der Waals surface area contributed by atoms with Gasteiger partial charge in [0.2, 0.25) is 0 Å². The minimum absolute atomic E-state index is 0.0899. The summed E-state index contributed by atoms with van der Waals surface area (Å²) >= 11 is 11.7. The van der Waals surface area contributed by atoms with Gasteiger partial charge in [0.05, 0.1) is 10.0 Å². The predicted octanol–water partition coefficient (Wildman–Crippen LogP) is 3.69. The first kappa shape index (κ1) is 12.9. The van der Waals surface area contributed by atoms with E-state index < -0.39 is 0 Å². The Bertz CT molecular complexity index is 425. The van der Waals surface area contributed by atoms with E-state index in [9.17, 15) is 4.79 Å². The smallest absolute Gasteiger partial charge is 0.165 e. The molecule has 0 bridgehead atoms. The van der Waals surface area contributed by atoms with Gasteiger partial charge in [-0.1, -0.05) is 23.2 Å². The summed E-state index contributed by atoms with van der Waals surface area (Å²) in [5, 5.41) is 0.916. The highest BCUT2D eigenvalue weighted by atomic mass is 35.5.